The van der Waals surface area contributed by atoms with E-state index >= 15 is 0 Å². The van der Waals surface area contributed by atoms with Crippen molar-refractivity contribution in [2.45, 2.75) is 81.6 Å². The molecule has 4 rings (SSSR count). The van der Waals surface area contributed by atoms with Crippen LogP contribution < -0.4 is 4.18 Å². The number of thioether (sulfide) groups is 1. The molecule has 42 heavy (non-hydrogen) atoms. The molecule has 0 radical (unpaired) electrons. The predicted molar refractivity (Wildman–Crippen MR) is 164 cm³/mol. The van der Waals surface area contributed by atoms with Crippen molar-refractivity contribution in [3.05, 3.63) is 94.1 Å². The Balaban J connectivity index is 1.64. The van der Waals surface area contributed by atoms with Gasteiger partial charge in [0.2, 0.25) is 0 Å². The number of phenols is 1. The largest absolute Gasteiger partial charge is 0.511 e. The molecule has 0 saturated heterocycles. The zero-order valence-electron chi connectivity index (χ0n) is 24.8. The first kappa shape index (κ1) is 31.5. The van der Waals surface area contributed by atoms with Gasteiger partial charge in [0, 0.05) is 11.3 Å². The Morgan fingerprint density at radius 2 is 1.67 bits per heavy atom. The van der Waals surface area contributed by atoms with Crippen LogP contribution in [0.4, 0.5) is 0 Å². The van der Waals surface area contributed by atoms with Crippen LogP contribution in [-0.4, -0.2) is 30.2 Å². The maximum atomic E-state index is 13.4. The molecule has 0 aliphatic carbocycles. The highest BCUT2D eigenvalue weighted by Gasteiger charge is 2.44. The average Bonchev–Trinajstić information content (AvgIpc) is 2.91. The van der Waals surface area contributed by atoms with Crippen LogP contribution in [0.1, 0.15) is 64.2 Å². The number of benzene rings is 3. The summed E-state index contributed by atoms with van der Waals surface area (Å²) < 4.78 is 37.5. The Hall–Kier alpha value is -3.43. The van der Waals surface area contributed by atoms with Crippen LogP contribution in [0.2, 0.25) is 0 Å². The second-order valence-corrected chi connectivity index (χ2v) is 14.6. The lowest BCUT2D eigenvalue weighted by Crippen LogP contribution is -2.44. The summed E-state index contributed by atoms with van der Waals surface area (Å²) in [6.07, 6.45) is 1.30. The van der Waals surface area contributed by atoms with E-state index in [-0.39, 0.29) is 39.4 Å². The van der Waals surface area contributed by atoms with Gasteiger partial charge < -0.3 is 19.1 Å². The molecule has 2 N–H and O–H groups in total. The third-order valence-electron chi connectivity index (χ3n) is 7.56. The van der Waals surface area contributed by atoms with E-state index in [0.29, 0.717) is 23.3 Å². The molecule has 0 fully saturated rings. The van der Waals surface area contributed by atoms with E-state index in [0.717, 1.165) is 22.9 Å². The lowest BCUT2D eigenvalue weighted by molar-refractivity contribution is -0.164. The lowest BCUT2D eigenvalue weighted by Gasteiger charge is -2.40. The van der Waals surface area contributed by atoms with Gasteiger partial charge in [-0.2, -0.15) is 8.42 Å². The van der Waals surface area contributed by atoms with Crippen molar-refractivity contribution in [1.29, 1.82) is 0 Å². The van der Waals surface area contributed by atoms with Gasteiger partial charge in [-0.25, -0.2) is 4.79 Å². The Morgan fingerprint density at radius 1 is 1.02 bits per heavy atom. The molecule has 1 aliphatic rings. The van der Waals surface area contributed by atoms with Gasteiger partial charge in [-0.05, 0) is 84.2 Å². The third kappa shape index (κ3) is 6.95. The SMILES string of the molecule is Cc1cc(SC2=C(O)CC(CCc3ccc(O)cc3)(C(C)C)OC2=O)c(C(C)(C)C)cc1OS(=O)(=O)c1ccccc1. The number of carbonyl (C=O) groups excluding carboxylic acids is 1. The maximum Gasteiger partial charge on any atom is 0.349 e. The molecule has 1 heterocycles. The molecular formula is C33H38O7S2. The first-order valence-electron chi connectivity index (χ1n) is 13.9. The van der Waals surface area contributed by atoms with Crippen LogP contribution >= 0.6 is 11.8 Å². The first-order valence-corrected chi connectivity index (χ1v) is 16.1. The van der Waals surface area contributed by atoms with Crippen molar-refractivity contribution < 1.29 is 32.3 Å². The molecular weight excluding hydrogens is 572 g/mol. The molecule has 9 heteroatoms. The number of esters is 1. The number of aromatic hydroxyl groups is 1. The molecule has 1 atom stereocenters. The van der Waals surface area contributed by atoms with Crippen LogP contribution in [-0.2, 0) is 31.5 Å². The number of aliphatic hydroxyl groups excluding tert-OH is 1. The molecule has 224 valence electrons. The normalized spacial score (nSPS) is 17.8. The Bertz CT molecular complexity index is 1590. The number of hydrogen-bond acceptors (Lipinski definition) is 8. The van der Waals surface area contributed by atoms with Crippen LogP contribution in [0, 0.1) is 12.8 Å². The second-order valence-electron chi connectivity index (χ2n) is 12.0. The van der Waals surface area contributed by atoms with Gasteiger partial charge in [0.25, 0.3) is 0 Å². The van der Waals surface area contributed by atoms with Gasteiger partial charge in [0.05, 0.1) is 0 Å². The van der Waals surface area contributed by atoms with Gasteiger partial charge in [-0.3, -0.25) is 0 Å². The molecule has 1 aliphatic heterocycles. The maximum absolute atomic E-state index is 13.4. The van der Waals surface area contributed by atoms with Crippen LogP contribution in [0.5, 0.6) is 11.5 Å². The molecule has 1 unspecified atom stereocenters. The highest BCUT2D eigenvalue weighted by Crippen LogP contribution is 2.46. The molecule has 0 saturated carbocycles. The Kier molecular flexibility index (Phi) is 9.04. The van der Waals surface area contributed by atoms with E-state index in [1.54, 1.807) is 49.4 Å². The molecule has 3 aromatic rings. The summed E-state index contributed by atoms with van der Waals surface area (Å²) in [5.41, 5.74) is 1.01. The second kappa shape index (κ2) is 12.1. The van der Waals surface area contributed by atoms with Gasteiger partial charge in [0.15, 0.2) is 0 Å². The number of aryl methyl sites for hydroxylation is 2. The van der Waals surface area contributed by atoms with Crippen molar-refractivity contribution in [2.24, 2.45) is 5.92 Å². The average molecular weight is 611 g/mol. The van der Waals surface area contributed by atoms with E-state index in [1.165, 1.54) is 12.1 Å². The summed E-state index contributed by atoms with van der Waals surface area (Å²) in [6.45, 7) is 11.6. The minimum Gasteiger partial charge on any atom is -0.511 e. The zero-order valence-corrected chi connectivity index (χ0v) is 26.4. The summed E-state index contributed by atoms with van der Waals surface area (Å²) in [5, 5.41) is 20.8. The van der Waals surface area contributed by atoms with Crippen LogP contribution in [0.25, 0.3) is 0 Å². The summed E-state index contributed by atoms with van der Waals surface area (Å²) in [7, 11) is -4.05. The number of phenolic OH excluding ortho intramolecular Hbond substituents is 1. The number of ether oxygens (including phenoxy) is 1. The Labute approximate surface area is 252 Å². The topological polar surface area (TPSA) is 110 Å². The number of hydrogen-bond donors (Lipinski definition) is 2. The molecule has 0 bridgehead atoms. The fourth-order valence-electron chi connectivity index (χ4n) is 4.90. The van der Waals surface area contributed by atoms with Crippen LogP contribution in [0.15, 0.2) is 87.2 Å². The number of carbonyl (C=O) groups is 1. The van der Waals surface area contributed by atoms with E-state index < -0.39 is 27.1 Å². The smallest absolute Gasteiger partial charge is 0.349 e. The summed E-state index contributed by atoms with van der Waals surface area (Å²) in [6, 6.07) is 18.3. The van der Waals surface area contributed by atoms with Gasteiger partial charge in [0.1, 0.15) is 32.7 Å². The van der Waals surface area contributed by atoms with Gasteiger partial charge in [-0.1, -0.05) is 76.7 Å². The van der Waals surface area contributed by atoms with Crippen LogP contribution in [0.3, 0.4) is 0 Å². The van der Waals surface area contributed by atoms with E-state index in [9.17, 15) is 23.4 Å². The monoisotopic (exact) mass is 610 g/mol. The summed E-state index contributed by atoms with van der Waals surface area (Å²) in [4.78, 5) is 14.3. The fourth-order valence-corrected chi connectivity index (χ4v) is 7.15. The quantitative estimate of drug-likeness (QED) is 0.188. The highest BCUT2D eigenvalue weighted by molar-refractivity contribution is 8.04. The molecule has 0 spiro atoms. The number of cyclic esters (lactones) is 1. The van der Waals surface area contributed by atoms with E-state index in [4.69, 9.17) is 8.92 Å². The molecule has 0 amide bonds. The van der Waals surface area contributed by atoms with Gasteiger partial charge in [-0.15, -0.1) is 0 Å². The predicted octanol–water partition coefficient (Wildman–Crippen LogP) is 7.60. The summed E-state index contributed by atoms with van der Waals surface area (Å²) >= 11 is 1.12. The van der Waals surface area contributed by atoms with Crippen molar-refractivity contribution in [1.82, 2.24) is 0 Å². The summed E-state index contributed by atoms with van der Waals surface area (Å²) in [5.74, 6) is -0.285. The van der Waals surface area contributed by atoms with E-state index in [1.807, 2.05) is 46.8 Å². The van der Waals surface area contributed by atoms with E-state index in [2.05, 4.69) is 0 Å². The first-order chi connectivity index (χ1) is 19.6. The lowest BCUT2D eigenvalue weighted by atomic mass is 9.80. The Morgan fingerprint density at radius 3 is 2.24 bits per heavy atom. The fraction of sp³-hybridized carbons (Fsp3) is 0.364. The highest BCUT2D eigenvalue weighted by atomic mass is 32.2. The minimum absolute atomic E-state index is 0.0276. The van der Waals surface area contributed by atoms with Crippen molar-refractivity contribution in [2.75, 3.05) is 0 Å². The molecule has 0 aromatic heterocycles. The standard InChI is InChI=1S/C33H38O7S2/c1-21(2)33(17-16-23-12-14-24(34)15-13-23)20-27(35)30(31(36)39-33)41-29-18-22(3)28(19-26(29)32(4,5)6)40-42(37,38)25-10-8-7-9-11-25/h7-15,18-19,21,34-35H,16-17,20H2,1-6H3. The molecule has 7 nitrogen and oxygen atoms in total. The van der Waals surface area contributed by atoms with Crippen molar-refractivity contribution in [3.63, 3.8) is 0 Å². The zero-order chi connectivity index (χ0) is 30.9. The molecule has 3 aromatic carbocycles. The third-order valence-corrected chi connectivity index (χ3v) is 9.98. The minimum atomic E-state index is -4.05. The van der Waals surface area contributed by atoms with Gasteiger partial charge >= 0.3 is 16.1 Å². The van der Waals surface area contributed by atoms with Crippen molar-refractivity contribution >= 4 is 27.8 Å². The van der Waals surface area contributed by atoms with Crippen molar-refractivity contribution in [3.8, 4) is 11.5 Å². The number of aliphatic hydroxyl groups is 1. The number of rotatable bonds is 9.